The van der Waals surface area contributed by atoms with Crippen molar-refractivity contribution in [3.63, 3.8) is 0 Å². The Balaban J connectivity index is 1.53. The van der Waals surface area contributed by atoms with Crippen LogP contribution in [0.4, 0.5) is 4.39 Å². The summed E-state index contributed by atoms with van der Waals surface area (Å²) in [6, 6.07) is 6.93. The van der Waals surface area contributed by atoms with Crippen molar-refractivity contribution in [2.75, 3.05) is 26.2 Å². The zero-order valence-corrected chi connectivity index (χ0v) is 12.9. The van der Waals surface area contributed by atoms with E-state index in [-0.39, 0.29) is 5.82 Å². The number of hydrogen-bond acceptors (Lipinski definition) is 4. The van der Waals surface area contributed by atoms with Gasteiger partial charge in [-0.25, -0.2) is 4.39 Å². The maximum atomic E-state index is 13.2. The van der Waals surface area contributed by atoms with Crippen LogP contribution in [0.3, 0.4) is 0 Å². The molecule has 3 rings (SSSR count). The summed E-state index contributed by atoms with van der Waals surface area (Å²) in [6.07, 6.45) is 3.12. The van der Waals surface area contributed by atoms with Gasteiger partial charge in [-0.05, 0) is 37.2 Å². The van der Waals surface area contributed by atoms with Crippen molar-refractivity contribution in [3.05, 3.63) is 52.2 Å². The third-order valence-electron chi connectivity index (χ3n) is 3.84. The lowest BCUT2D eigenvalue weighted by Crippen LogP contribution is -2.30. The lowest BCUT2D eigenvalue weighted by atomic mass is 10.2. The molecule has 5 heteroatoms. The molecule has 1 aromatic carbocycles. The van der Waals surface area contributed by atoms with Crippen molar-refractivity contribution in [2.45, 2.75) is 19.5 Å². The van der Waals surface area contributed by atoms with E-state index < -0.39 is 0 Å². The van der Waals surface area contributed by atoms with E-state index >= 15 is 0 Å². The van der Waals surface area contributed by atoms with Crippen molar-refractivity contribution < 1.29 is 4.39 Å². The second kappa shape index (κ2) is 7.11. The van der Waals surface area contributed by atoms with E-state index in [0.29, 0.717) is 0 Å². The standard InChI is InChI=1S/C16H20FN3S/c17-15-4-1-3-14(9-15)11-19-5-2-6-20(8-7-19)12-16-10-18-13-21-16/h1,3-4,9-10,13H,2,5-8,11-12H2. The summed E-state index contributed by atoms with van der Waals surface area (Å²) in [5.41, 5.74) is 2.95. The molecular formula is C16H20FN3S. The zero-order valence-electron chi connectivity index (χ0n) is 12.0. The Morgan fingerprint density at radius 1 is 1.10 bits per heavy atom. The van der Waals surface area contributed by atoms with Crippen LogP contribution in [0.1, 0.15) is 16.9 Å². The molecule has 2 aromatic rings. The third kappa shape index (κ3) is 4.33. The molecule has 1 fully saturated rings. The predicted molar refractivity (Wildman–Crippen MR) is 83.7 cm³/mol. The second-order valence-electron chi connectivity index (χ2n) is 5.50. The van der Waals surface area contributed by atoms with Crippen LogP contribution in [0.15, 0.2) is 36.0 Å². The molecule has 0 amide bonds. The molecule has 0 saturated carbocycles. The van der Waals surface area contributed by atoms with Gasteiger partial charge in [0.2, 0.25) is 0 Å². The fraction of sp³-hybridized carbons (Fsp3) is 0.438. The van der Waals surface area contributed by atoms with Gasteiger partial charge in [-0.2, -0.15) is 0 Å². The largest absolute Gasteiger partial charge is 0.298 e. The molecule has 0 unspecified atom stereocenters. The first kappa shape index (κ1) is 14.6. The minimum Gasteiger partial charge on any atom is -0.298 e. The molecule has 21 heavy (non-hydrogen) atoms. The molecule has 3 nitrogen and oxygen atoms in total. The van der Waals surface area contributed by atoms with E-state index in [1.165, 1.54) is 10.9 Å². The highest BCUT2D eigenvalue weighted by Gasteiger charge is 2.15. The Kier molecular flexibility index (Phi) is 4.95. The Bertz CT molecular complexity index is 558. The second-order valence-corrected chi connectivity index (χ2v) is 6.47. The van der Waals surface area contributed by atoms with Gasteiger partial charge >= 0.3 is 0 Å². The van der Waals surface area contributed by atoms with Gasteiger partial charge < -0.3 is 0 Å². The first-order valence-electron chi connectivity index (χ1n) is 7.36. The van der Waals surface area contributed by atoms with Gasteiger partial charge in [0.25, 0.3) is 0 Å². The quantitative estimate of drug-likeness (QED) is 0.865. The number of hydrogen-bond donors (Lipinski definition) is 0. The summed E-state index contributed by atoms with van der Waals surface area (Å²) in [5, 5.41) is 0. The van der Waals surface area contributed by atoms with Crippen molar-refractivity contribution >= 4 is 11.3 Å². The molecule has 0 radical (unpaired) electrons. The molecule has 0 bridgehead atoms. The molecule has 0 aliphatic carbocycles. The monoisotopic (exact) mass is 305 g/mol. The highest BCUT2D eigenvalue weighted by Crippen LogP contribution is 2.14. The van der Waals surface area contributed by atoms with Gasteiger partial charge in [0.1, 0.15) is 5.82 Å². The van der Waals surface area contributed by atoms with E-state index in [4.69, 9.17) is 0 Å². The zero-order chi connectivity index (χ0) is 14.5. The van der Waals surface area contributed by atoms with Crippen LogP contribution in [0, 0.1) is 5.82 Å². The van der Waals surface area contributed by atoms with Crippen molar-refractivity contribution in [3.8, 4) is 0 Å². The van der Waals surface area contributed by atoms with Crippen LogP contribution < -0.4 is 0 Å². The summed E-state index contributed by atoms with van der Waals surface area (Å²) >= 11 is 1.72. The summed E-state index contributed by atoms with van der Waals surface area (Å²) in [4.78, 5) is 10.4. The molecule has 0 atom stereocenters. The molecule has 112 valence electrons. The first-order chi connectivity index (χ1) is 10.3. The Morgan fingerprint density at radius 3 is 2.62 bits per heavy atom. The van der Waals surface area contributed by atoms with Crippen LogP contribution in [-0.4, -0.2) is 41.0 Å². The van der Waals surface area contributed by atoms with Crippen LogP contribution in [0.5, 0.6) is 0 Å². The van der Waals surface area contributed by atoms with E-state index in [1.54, 1.807) is 23.5 Å². The average molecular weight is 305 g/mol. The average Bonchev–Trinajstić information content (AvgIpc) is 2.87. The maximum absolute atomic E-state index is 13.2. The number of thiazole rings is 1. The van der Waals surface area contributed by atoms with E-state index in [1.807, 2.05) is 17.8 Å². The summed E-state index contributed by atoms with van der Waals surface area (Å²) in [5.74, 6) is -0.144. The molecule has 1 saturated heterocycles. The van der Waals surface area contributed by atoms with Gasteiger partial charge in [-0.15, -0.1) is 11.3 Å². The number of nitrogens with zero attached hydrogens (tertiary/aromatic N) is 3. The number of rotatable bonds is 4. The van der Waals surface area contributed by atoms with Crippen LogP contribution in [-0.2, 0) is 13.1 Å². The molecule has 0 spiro atoms. The minimum atomic E-state index is -0.144. The first-order valence-corrected chi connectivity index (χ1v) is 8.24. The van der Waals surface area contributed by atoms with E-state index in [2.05, 4.69) is 14.8 Å². The number of aromatic nitrogens is 1. The summed E-state index contributed by atoms with van der Waals surface area (Å²) in [6.45, 7) is 6.14. The van der Waals surface area contributed by atoms with Gasteiger partial charge in [0, 0.05) is 37.3 Å². The van der Waals surface area contributed by atoms with E-state index in [0.717, 1.165) is 51.3 Å². The molecule has 0 N–H and O–H groups in total. The van der Waals surface area contributed by atoms with Crippen LogP contribution in [0.2, 0.25) is 0 Å². The Morgan fingerprint density at radius 2 is 1.90 bits per heavy atom. The number of benzene rings is 1. The highest BCUT2D eigenvalue weighted by molar-refractivity contribution is 7.09. The predicted octanol–water partition coefficient (Wildman–Crippen LogP) is 2.99. The highest BCUT2D eigenvalue weighted by atomic mass is 32.1. The maximum Gasteiger partial charge on any atom is 0.123 e. The lowest BCUT2D eigenvalue weighted by molar-refractivity contribution is 0.248. The minimum absolute atomic E-state index is 0.144. The lowest BCUT2D eigenvalue weighted by Gasteiger charge is -2.21. The Hall–Kier alpha value is -1.30. The molecular weight excluding hydrogens is 285 g/mol. The van der Waals surface area contributed by atoms with Crippen molar-refractivity contribution in [2.24, 2.45) is 0 Å². The van der Waals surface area contributed by atoms with Crippen LogP contribution >= 0.6 is 11.3 Å². The van der Waals surface area contributed by atoms with Gasteiger partial charge in [-0.3, -0.25) is 14.8 Å². The van der Waals surface area contributed by atoms with Crippen molar-refractivity contribution in [1.82, 2.24) is 14.8 Å². The molecule has 2 heterocycles. The van der Waals surface area contributed by atoms with Crippen molar-refractivity contribution in [1.29, 1.82) is 0 Å². The van der Waals surface area contributed by atoms with E-state index in [9.17, 15) is 4.39 Å². The summed E-state index contributed by atoms with van der Waals surface area (Å²) < 4.78 is 13.2. The fourth-order valence-corrected chi connectivity index (χ4v) is 3.41. The fourth-order valence-electron chi connectivity index (χ4n) is 2.77. The third-order valence-corrected chi connectivity index (χ3v) is 4.60. The van der Waals surface area contributed by atoms with Gasteiger partial charge in [-0.1, -0.05) is 12.1 Å². The normalized spacial score (nSPS) is 17.8. The topological polar surface area (TPSA) is 19.4 Å². The molecule has 1 aliphatic rings. The molecule has 1 aromatic heterocycles. The summed E-state index contributed by atoms with van der Waals surface area (Å²) in [7, 11) is 0. The smallest absolute Gasteiger partial charge is 0.123 e. The Labute approximate surface area is 129 Å². The number of halogens is 1. The molecule has 1 aliphatic heterocycles. The van der Waals surface area contributed by atoms with Gasteiger partial charge in [0.05, 0.1) is 5.51 Å². The van der Waals surface area contributed by atoms with Gasteiger partial charge in [0.15, 0.2) is 0 Å². The SMILES string of the molecule is Fc1cccc(CN2CCCN(Cc3cncs3)CC2)c1. The van der Waals surface area contributed by atoms with Crippen LogP contribution in [0.25, 0.3) is 0 Å².